The molecule has 3 rings (SSSR count). The molecule has 1 aliphatic heterocycles. The number of methoxy groups -OCH3 is 1. The van der Waals surface area contributed by atoms with Crippen LogP contribution in [-0.2, 0) is 26.0 Å². The fourth-order valence-corrected chi connectivity index (χ4v) is 6.57. The lowest BCUT2D eigenvalue weighted by Gasteiger charge is -2.34. The van der Waals surface area contributed by atoms with Crippen molar-refractivity contribution in [3.05, 3.63) is 47.3 Å². The molecule has 10 heteroatoms. The number of amides is 2. The Balaban J connectivity index is 1.43. The van der Waals surface area contributed by atoms with Gasteiger partial charge in [0.1, 0.15) is 9.96 Å². The lowest BCUT2D eigenvalue weighted by atomic mass is 10.0. The van der Waals surface area contributed by atoms with Gasteiger partial charge in [-0.1, -0.05) is 24.6 Å². The Kier molecular flexibility index (Phi) is 8.66. The number of rotatable bonds is 9. The summed E-state index contributed by atoms with van der Waals surface area (Å²) in [6.07, 6.45) is 3.58. The maximum atomic E-state index is 12.9. The molecule has 174 valence electrons. The van der Waals surface area contributed by atoms with Crippen LogP contribution in [0.1, 0.15) is 31.2 Å². The summed E-state index contributed by atoms with van der Waals surface area (Å²) in [7, 11) is -1.93. The molecule has 2 aromatic rings. The van der Waals surface area contributed by atoms with Crippen LogP contribution in [0.2, 0.25) is 0 Å². The number of sulfonamides is 1. The van der Waals surface area contributed by atoms with E-state index in [1.165, 1.54) is 11.3 Å². The molecule has 2 amide bonds. The van der Waals surface area contributed by atoms with Gasteiger partial charge in [-0.15, -0.1) is 11.3 Å². The van der Waals surface area contributed by atoms with Gasteiger partial charge in [-0.05, 0) is 54.8 Å². The number of carbonyl (C=O) groups is 2. The molecular formula is C22H29N3O5S2. The van der Waals surface area contributed by atoms with Crippen molar-refractivity contribution in [2.45, 2.75) is 42.4 Å². The fourth-order valence-electron chi connectivity index (χ4n) is 3.73. The molecule has 2 heterocycles. The summed E-state index contributed by atoms with van der Waals surface area (Å²) in [5, 5.41) is 6.98. The summed E-state index contributed by atoms with van der Waals surface area (Å²) < 4.78 is 32.8. The van der Waals surface area contributed by atoms with Gasteiger partial charge in [0.05, 0.1) is 7.11 Å². The first-order valence-corrected chi connectivity index (χ1v) is 13.0. The summed E-state index contributed by atoms with van der Waals surface area (Å²) in [4.78, 5) is 24.2. The minimum Gasteiger partial charge on any atom is -0.497 e. The average molecular weight is 480 g/mol. The highest BCUT2D eigenvalue weighted by Gasteiger charge is 2.33. The molecule has 1 saturated heterocycles. The van der Waals surface area contributed by atoms with Crippen LogP contribution in [0.15, 0.2) is 46.0 Å². The molecule has 1 aromatic carbocycles. The smallest absolute Gasteiger partial charge is 0.309 e. The van der Waals surface area contributed by atoms with Crippen molar-refractivity contribution in [3.63, 3.8) is 0 Å². The molecule has 0 unspecified atom stereocenters. The minimum absolute atomic E-state index is 0.186. The molecule has 1 aliphatic rings. The standard InChI is InChI=1S/C22H29N3O5S2/c1-30-19-9-7-17(8-10-19)11-13-23-21(26)22(27)24-14-12-18-5-2-3-15-25(18)32(28,29)20-6-4-16-31-20/h4,6-10,16,18H,2-3,5,11-15H2,1H3,(H,23,26)(H,24,27)/t18-/m0/s1. The van der Waals surface area contributed by atoms with Gasteiger partial charge < -0.3 is 15.4 Å². The highest BCUT2D eigenvalue weighted by Crippen LogP contribution is 2.29. The number of piperidine rings is 1. The predicted octanol–water partition coefficient (Wildman–Crippen LogP) is 2.17. The Morgan fingerprint density at radius 3 is 2.47 bits per heavy atom. The molecule has 0 radical (unpaired) electrons. The van der Waals surface area contributed by atoms with Crippen molar-refractivity contribution < 1.29 is 22.7 Å². The largest absolute Gasteiger partial charge is 0.497 e. The van der Waals surface area contributed by atoms with Crippen molar-refractivity contribution in [1.29, 1.82) is 0 Å². The third-order valence-corrected chi connectivity index (χ3v) is 8.78. The van der Waals surface area contributed by atoms with Crippen LogP contribution < -0.4 is 15.4 Å². The van der Waals surface area contributed by atoms with Gasteiger partial charge in [-0.25, -0.2) is 8.42 Å². The molecule has 1 aromatic heterocycles. The van der Waals surface area contributed by atoms with E-state index < -0.39 is 21.8 Å². The lowest BCUT2D eigenvalue weighted by molar-refractivity contribution is -0.139. The number of benzene rings is 1. The maximum absolute atomic E-state index is 12.9. The molecule has 1 atom stereocenters. The Bertz CT molecular complexity index is 991. The van der Waals surface area contributed by atoms with E-state index in [2.05, 4.69) is 10.6 Å². The summed E-state index contributed by atoms with van der Waals surface area (Å²) in [6, 6.07) is 10.7. The number of hydrogen-bond acceptors (Lipinski definition) is 6. The molecular weight excluding hydrogens is 450 g/mol. The van der Waals surface area contributed by atoms with Crippen LogP contribution in [0.4, 0.5) is 0 Å². The van der Waals surface area contributed by atoms with Gasteiger partial charge in [0.15, 0.2) is 0 Å². The summed E-state index contributed by atoms with van der Waals surface area (Å²) >= 11 is 1.21. The molecule has 8 nitrogen and oxygen atoms in total. The van der Waals surface area contributed by atoms with E-state index in [4.69, 9.17) is 4.74 Å². The van der Waals surface area contributed by atoms with Crippen molar-refractivity contribution >= 4 is 33.2 Å². The average Bonchev–Trinajstić information content (AvgIpc) is 3.35. The fraction of sp³-hybridized carbons (Fsp3) is 0.455. The third kappa shape index (κ3) is 6.30. The normalized spacial score (nSPS) is 17.0. The van der Waals surface area contributed by atoms with Gasteiger partial charge in [0.25, 0.3) is 10.0 Å². The highest BCUT2D eigenvalue weighted by atomic mass is 32.2. The zero-order chi connectivity index (χ0) is 23.0. The Morgan fingerprint density at radius 2 is 1.81 bits per heavy atom. The second-order valence-electron chi connectivity index (χ2n) is 7.60. The third-order valence-electron chi connectivity index (χ3n) is 5.46. The summed E-state index contributed by atoms with van der Waals surface area (Å²) in [6.45, 7) is 1.06. The van der Waals surface area contributed by atoms with Crippen molar-refractivity contribution in [3.8, 4) is 5.75 Å². The van der Waals surface area contributed by atoms with Gasteiger partial charge in [0.2, 0.25) is 0 Å². The molecule has 1 fully saturated rings. The topological polar surface area (TPSA) is 105 Å². The van der Waals surface area contributed by atoms with Crippen LogP contribution in [0.3, 0.4) is 0 Å². The van der Waals surface area contributed by atoms with Crippen LogP contribution in [-0.4, -0.2) is 57.3 Å². The number of hydrogen-bond donors (Lipinski definition) is 2. The molecule has 0 aliphatic carbocycles. The number of carbonyl (C=O) groups excluding carboxylic acids is 2. The second kappa shape index (κ2) is 11.4. The van der Waals surface area contributed by atoms with E-state index in [-0.39, 0.29) is 12.6 Å². The molecule has 32 heavy (non-hydrogen) atoms. The van der Waals surface area contributed by atoms with E-state index >= 15 is 0 Å². The second-order valence-corrected chi connectivity index (χ2v) is 10.7. The van der Waals surface area contributed by atoms with E-state index in [1.807, 2.05) is 24.3 Å². The highest BCUT2D eigenvalue weighted by molar-refractivity contribution is 7.91. The molecule has 0 saturated carbocycles. The summed E-state index contributed by atoms with van der Waals surface area (Å²) in [5.41, 5.74) is 1.02. The lowest BCUT2D eigenvalue weighted by Crippen LogP contribution is -2.46. The predicted molar refractivity (Wildman–Crippen MR) is 123 cm³/mol. The van der Waals surface area contributed by atoms with Crippen molar-refractivity contribution in [2.75, 3.05) is 26.7 Å². The number of nitrogens with zero attached hydrogens (tertiary/aromatic N) is 1. The quantitative estimate of drug-likeness (QED) is 0.537. The van der Waals surface area contributed by atoms with Crippen LogP contribution in [0.25, 0.3) is 0 Å². The molecule has 0 spiro atoms. The van der Waals surface area contributed by atoms with Gasteiger partial charge >= 0.3 is 11.8 Å². The van der Waals surface area contributed by atoms with E-state index in [0.717, 1.165) is 30.6 Å². The van der Waals surface area contributed by atoms with Gasteiger partial charge in [0, 0.05) is 25.7 Å². The van der Waals surface area contributed by atoms with Crippen molar-refractivity contribution in [1.82, 2.24) is 14.9 Å². The van der Waals surface area contributed by atoms with Gasteiger partial charge in [-0.3, -0.25) is 9.59 Å². The van der Waals surface area contributed by atoms with E-state index in [0.29, 0.717) is 30.1 Å². The maximum Gasteiger partial charge on any atom is 0.309 e. The molecule has 0 bridgehead atoms. The van der Waals surface area contributed by atoms with E-state index in [9.17, 15) is 18.0 Å². The molecule has 2 N–H and O–H groups in total. The van der Waals surface area contributed by atoms with Gasteiger partial charge in [-0.2, -0.15) is 4.31 Å². The van der Waals surface area contributed by atoms with Crippen molar-refractivity contribution in [2.24, 2.45) is 0 Å². The number of nitrogens with one attached hydrogen (secondary N) is 2. The Hall–Kier alpha value is -2.43. The Labute approximate surface area is 193 Å². The SMILES string of the molecule is COc1ccc(CCNC(=O)C(=O)NCC[C@@H]2CCCCN2S(=O)(=O)c2cccs2)cc1. The summed E-state index contributed by atoms with van der Waals surface area (Å²) in [5.74, 6) is -0.634. The van der Waals surface area contributed by atoms with E-state index in [1.54, 1.807) is 28.9 Å². The first-order chi connectivity index (χ1) is 15.4. The minimum atomic E-state index is -3.53. The first kappa shape index (κ1) is 24.2. The number of thiophene rings is 1. The zero-order valence-electron chi connectivity index (χ0n) is 18.1. The first-order valence-electron chi connectivity index (χ1n) is 10.7. The van der Waals surface area contributed by atoms with Crippen LogP contribution in [0.5, 0.6) is 5.75 Å². The van der Waals surface area contributed by atoms with Crippen LogP contribution in [0, 0.1) is 0 Å². The monoisotopic (exact) mass is 479 g/mol. The van der Waals surface area contributed by atoms with Crippen LogP contribution >= 0.6 is 11.3 Å². The zero-order valence-corrected chi connectivity index (χ0v) is 19.7. The Morgan fingerprint density at radius 1 is 1.09 bits per heavy atom. The number of ether oxygens (including phenoxy) is 1.